The van der Waals surface area contributed by atoms with E-state index in [0.717, 1.165) is 25.1 Å². The number of halogens is 1. The summed E-state index contributed by atoms with van der Waals surface area (Å²) in [5, 5.41) is 3.76. The van der Waals surface area contributed by atoms with E-state index in [1.54, 1.807) is 7.11 Å². The summed E-state index contributed by atoms with van der Waals surface area (Å²) < 4.78 is 5.40. The maximum absolute atomic E-state index is 5.40. The van der Waals surface area contributed by atoms with Crippen molar-refractivity contribution in [1.29, 1.82) is 0 Å². The van der Waals surface area contributed by atoms with E-state index in [4.69, 9.17) is 4.74 Å². The molecule has 24 heavy (non-hydrogen) atoms. The predicted octanol–water partition coefficient (Wildman–Crippen LogP) is 4.54. The summed E-state index contributed by atoms with van der Waals surface area (Å²) in [5.74, 6) is 0.965. The molecule has 0 amide bonds. The summed E-state index contributed by atoms with van der Waals surface area (Å²) in [4.78, 5) is 0. The Kier molecular flexibility index (Phi) is 6.31. The van der Waals surface area contributed by atoms with Gasteiger partial charge in [0.15, 0.2) is 0 Å². The summed E-state index contributed by atoms with van der Waals surface area (Å²) in [7, 11) is 1.74. The van der Waals surface area contributed by atoms with Crippen molar-refractivity contribution in [2.45, 2.75) is 44.6 Å². The van der Waals surface area contributed by atoms with E-state index in [0.29, 0.717) is 6.04 Å². The van der Waals surface area contributed by atoms with E-state index in [-0.39, 0.29) is 17.8 Å². The second-order valence-electron chi connectivity index (χ2n) is 7.20. The van der Waals surface area contributed by atoms with Crippen LogP contribution in [-0.2, 0) is 18.3 Å². The average molecular weight is 346 g/mol. The highest BCUT2D eigenvalue weighted by molar-refractivity contribution is 5.85. The number of ether oxygens (including phenoxy) is 1. The first-order chi connectivity index (χ1) is 11.1. The van der Waals surface area contributed by atoms with Gasteiger partial charge in [-0.3, -0.25) is 0 Å². The van der Waals surface area contributed by atoms with E-state index in [9.17, 15) is 0 Å². The summed E-state index contributed by atoms with van der Waals surface area (Å²) in [5.41, 5.74) is 4.49. The molecule has 0 heterocycles. The fourth-order valence-electron chi connectivity index (χ4n) is 3.76. The first kappa shape index (κ1) is 18.8. The predicted molar refractivity (Wildman–Crippen MR) is 104 cm³/mol. The van der Waals surface area contributed by atoms with Gasteiger partial charge in [0.05, 0.1) is 7.11 Å². The minimum atomic E-state index is 0. The molecule has 0 spiro atoms. The van der Waals surface area contributed by atoms with Crippen molar-refractivity contribution in [2.75, 3.05) is 13.7 Å². The monoisotopic (exact) mass is 345 g/mol. The van der Waals surface area contributed by atoms with Crippen LogP contribution in [0.2, 0.25) is 0 Å². The number of hydrogen-bond donors (Lipinski definition) is 1. The largest absolute Gasteiger partial charge is 0.497 e. The van der Waals surface area contributed by atoms with Gasteiger partial charge in [-0.25, -0.2) is 0 Å². The molecule has 2 nitrogen and oxygen atoms in total. The number of fused-ring (bicyclic) bond motifs is 1. The van der Waals surface area contributed by atoms with E-state index < -0.39 is 0 Å². The lowest BCUT2D eigenvalue weighted by molar-refractivity contribution is 0.342. The Morgan fingerprint density at radius 2 is 1.88 bits per heavy atom. The average Bonchev–Trinajstić information content (AvgIpc) is 2.55. The molecule has 1 unspecified atom stereocenters. The van der Waals surface area contributed by atoms with E-state index in [2.05, 4.69) is 67.7 Å². The maximum Gasteiger partial charge on any atom is 0.119 e. The van der Waals surface area contributed by atoms with Crippen LogP contribution in [0.5, 0.6) is 5.75 Å². The Morgan fingerprint density at radius 3 is 2.58 bits per heavy atom. The zero-order valence-electron chi connectivity index (χ0n) is 14.8. The molecule has 2 aromatic rings. The van der Waals surface area contributed by atoms with Crippen LogP contribution < -0.4 is 10.1 Å². The summed E-state index contributed by atoms with van der Waals surface area (Å²) >= 11 is 0. The van der Waals surface area contributed by atoms with Gasteiger partial charge in [0.1, 0.15) is 5.75 Å². The van der Waals surface area contributed by atoms with Crippen LogP contribution in [0.1, 0.15) is 37.0 Å². The van der Waals surface area contributed by atoms with Gasteiger partial charge in [0, 0.05) is 6.04 Å². The normalized spacial score (nSPS) is 18.4. The molecule has 3 rings (SSSR count). The van der Waals surface area contributed by atoms with Crippen LogP contribution >= 0.6 is 12.4 Å². The second kappa shape index (κ2) is 8.04. The highest BCUT2D eigenvalue weighted by atomic mass is 35.5. The van der Waals surface area contributed by atoms with Gasteiger partial charge in [-0.2, -0.15) is 0 Å². The van der Waals surface area contributed by atoms with Crippen LogP contribution in [0.3, 0.4) is 0 Å². The number of nitrogens with one attached hydrogen (secondary N) is 1. The highest BCUT2D eigenvalue weighted by Gasteiger charge is 2.32. The van der Waals surface area contributed by atoms with Gasteiger partial charge >= 0.3 is 0 Å². The van der Waals surface area contributed by atoms with Crippen molar-refractivity contribution in [3.63, 3.8) is 0 Å². The van der Waals surface area contributed by atoms with Crippen LogP contribution in [0.4, 0.5) is 0 Å². The molecule has 0 saturated carbocycles. The van der Waals surface area contributed by atoms with E-state index in [1.165, 1.54) is 23.1 Å². The minimum Gasteiger partial charge on any atom is -0.497 e. The zero-order valence-corrected chi connectivity index (χ0v) is 15.7. The molecule has 1 atom stereocenters. The first-order valence-corrected chi connectivity index (χ1v) is 8.53. The van der Waals surface area contributed by atoms with E-state index in [1.807, 2.05) is 0 Å². The van der Waals surface area contributed by atoms with Crippen molar-refractivity contribution in [3.8, 4) is 5.75 Å². The quantitative estimate of drug-likeness (QED) is 0.858. The summed E-state index contributed by atoms with van der Waals surface area (Å²) in [6.45, 7) is 5.73. The Balaban J connectivity index is 0.00000208. The molecule has 2 aromatic carbocycles. The molecule has 0 saturated heterocycles. The van der Waals surface area contributed by atoms with Crippen LogP contribution in [0.25, 0.3) is 0 Å². The first-order valence-electron chi connectivity index (χ1n) is 8.53. The van der Waals surface area contributed by atoms with Gasteiger partial charge < -0.3 is 10.1 Å². The van der Waals surface area contributed by atoms with Crippen LogP contribution in [-0.4, -0.2) is 19.7 Å². The molecule has 130 valence electrons. The third-order valence-corrected chi connectivity index (χ3v) is 4.96. The number of benzene rings is 2. The Hall–Kier alpha value is -1.51. The summed E-state index contributed by atoms with van der Waals surface area (Å²) in [6.07, 6.45) is 3.37. The second-order valence-corrected chi connectivity index (χ2v) is 7.20. The van der Waals surface area contributed by atoms with Gasteiger partial charge in [-0.1, -0.05) is 50.2 Å². The number of methoxy groups -OCH3 is 1. The molecule has 0 aliphatic heterocycles. The maximum atomic E-state index is 5.40. The molecule has 1 aliphatic rings. The van der Waals surface area contributed by atoms with Gasteiger partial charge in [0.25, 0.3) is 0 Å². The van der Waals surface area contributed by atoms with Crippen molar-refractivity contribution in [3.05, 3.63) is 65.2 Å². The SMILES string of the molecule is COc1ccc2c(c1)C(C)(C)CC(NCCc1ccccc1)C2.Cl. The lowest BCUT2D eigenvalue weighted by Crippen LogP contribution is -2.42. The third-order valence-electron chi connectivity index (χ3n) is 4.96. The molecule has 1 aliphatic carbocycles. The molecular formula is C21H28ClNO. The Labute approximate surface area is 152 Å². The molecule has 1 N–H and O–H groups in total. The van der Waals surface area contributed by atoms with Crippen molar-refractivity contribution >= 4 is 12.4 Å². The molecule has 0 aromatic heterocycles. The standard InChI is InChI=1S/C21H27NO.ClH/c1-21(2)15-18(22-12-11-16-7-5-4-6-8-16)13-17-9-10-19(23-3)14-20(17)21;/h4-10,14,18,22H,11-13,15H2,1-3H3;1H. The zero-order chi connectivity index (χ0) is 16.3. The lowest BCUT2D eigenvalue weighted by atomic mass is 9.70. The van der Waals surface area contributed by atoms with Gasteiger partial charge in [-0.15, -0.1) is 12.4 Å². The number of rotatable bonds is 5. The highest BCUT2D eigenvalue weighted by Crippen LogP contribution is 2.38. The smallest absolute Gasteiger partial charge is 0.119 e. The van der Waals surface area contributed by atoms with E-state index >= 15 is 0 Å². The van der Waals surface area contributed by atoms with Crippen LogP contribution in [0.15, 0.2) is 48.5 Å². The fourth-order valence-corrected chi connectivity index (χ4v) is 3.76. The number of hydrogen-bond acceptors (Lipinski definition) is 2. The molecular weight excluding hydrogens is 318 g/mol. The Bertz CT molecular complexity index is 654. The topological polar surface area (TPSA) is 21.3 Å². The minimum absolute atomic E-state index is 0. The molecule has 0 fully saturated rings. The fraction of sp³-hybridized carbons (Fsp3) is 0.429. The van der Waals surface area contributed by atoms with Crippen LogP contribution in [0, 0.1) is 0 Å². The van der Waals surface area contributed by atoms with Gasteiger partial charge in [0.2, 0.25) is 0 Å². The molecule has 3 heteroatoms. The molecule has 0 bridgehead atoms. The summed E-state index contributed by atoms with van der Waals surface area (Å²) in [6, 6.07) is 17.8. The van der Waals surface area contributed by atoms with Crippen molar-refractivity contribution in [2.24, 2.45) is 0 Å². The van der Waals surface area contributed by atoms with Crippen molar-refractivity contribution in [1.82, 2.24) is 5.32 Å². The Morgan fingerprint density at radius 1 is 1.12 bits per heavy atom. The van der Waals surface area contributed by atoms with Crippen molar-refractivity contribution < 1.29 is 4.74 Å². The molecule has 0 radical (unpaired) electrons. The lowest BCUT2D eigenvalue weighted by Gasteiger charge is -2.38. The van der Waals surface area contributed by atoms with Gasteiger partial charge in [-0.05, 0) is 60.0 Å². The third kappa shape index (κ3) is 4.31.